The summed E-state index contributed by atoms with van der Waals surface area (Å²) in [6, 6.07) is 7.26. The summed E-state index contributed by atoms with van der Waals surface area (Å²) in [5.74, 6) is -0.692. The molecule has 0 unspecified atom stereocenters. The minimum absolute atomic E-state index is 0.288. The van der Waals surface area contributed by atoms with Crippen LogP contribution in [0.15, 0.2) is 36.5 Å². The second kappa shape index (κ2) is 7.94. The van der Waals surface area contributed by atoms with Gasteiger partial charge in [0.1, 0.15) is 11.4 Å². The molecule has 1 saturated carbocycles. The summed E-state index contributed by atoms with van der Waals surface area (Å²) in [6.07, 6.45) is 1.49. The van der Waals surface area contributed by atoms with Gasteiger partial charge in [0.15, 0.2) is 0 Å². The Morgan fingerprint density at radius 3 is 2.63 bits per heavy atom. The van der Waals surface area contributed by atoms with Gasteiger partial charge in [-0.3, -0.25) is 9.48 Å². The molecule has 1 amide bonds. The van der Waals surface area contributed by atoms with Crippen LogP contribution in [-0.4, -0.2) is 25.9 Å². The standard InChI is InChI=1S/C21H21F3N4OS/c1-12-9-18-13(11-28(27-18)14-5-7-15(30)8-6-14)10-17(12)26-20(29)16-3-2-4-19(25-16)21(22,23)24/h2-4,9-11,14-15,30H,5-8H2,1H3,(H,26,29)/t14-,15-. The van der Waals surface area contributed by atoms with Crippen molar-refractivity contribution in [1.29, 1.82) is 0 Å². The van der Waals surface area contributed by atoms with Gasteiger partial charge in [-0.1, -0.05) is 6.07 Å². The Hall–Kier alpha value is -2.55. The molecular formula is C21H21F3N4OS. The molecule has 0 atom stereocenters. The highest BCUT2D eigenvalue weighted by atomic mass is 32.1. The van der Waals surface area contributed by atoms with Gasteiger partial charge in [0.05, 0.1) is 11.6 Å². The van der Waals surface area contributed by atoms with Gasteiger partial charge in [0.2, 0.25) is 0 Å². The number of rotatable bonds is 3. The number of fused-ring (bicyclic) bond motifs is 1. The third-order valence-corrected chi connectivity index (χ3v) is 5.95. The van der Waals surface area contributed by atoms with Gasteiger partial charge in [-0.25, -0.2) is 4.98 Å². The van der Waals surface area contributed by atoms with Gasteiger partial charge in [-0.05, 0) is 62.4 Å². The molecule has 1 aliphatic carbocycles. The first kappa shape index (κ1) is 20.7. The average molecular weight is 434 g/mol. The van der Waals surface area contributed by atoms with Crippen LogP contribution in [0.3, 0.4) is 0 Å². The van der Waals surface area contributed by atoms with E-state index in [9.17, 15) is 18.0 Å². The first-order valence-electron chi connectivity index (χ1n) is 9.74. The number of nitrogens with zero attached hydrogens (tertiary/aromatic N) is 3. The number of thiol groups is 1. The number of aryl methyl sites for hydroxylation is 1. The zero-order valence-corrected chi connectivity index (χ0v) is 17.2. The fourth-order valence-electron chi connectivity index (χ4n) is 3.75. The Kier molecular flexibility index (Phi) is 5.48. The third kappa shape index (κ3) is 4.30. The van der Waals surface area contributed by atoms with Crippen LogP contribution in [0.2, 0.25) is 0 Å². The molecule has 1 N–H and O–H groups in total. The molecule has 1 aromatic carbocycles. The van der Waals surface area contributed by atoms with Gasteiger partial charge < -0.3 is 5.32 Å². The van der Waals surface area contributed by atoms with Crippen LogP contribution >= 0.6 is 12.6 Å². The minimum atomic E-state index is -4.61. The first-order valence-corrected chi connectivity index (χ1v) is 10.3. The Morgan fingerprint density at radius 1 is 1.20 bits per heavy atom. The van der Waals surface area contributed by atoms with Crippen molar-refractivity contribution in [2.75, 3.05) is 5.32 Å². The number of anilines is 1. The van der Waals surface area contributed by atoms with E-state index >= 15 is 0 Å². The van der Waals surface area contributed by atoms with Crippen LogP contribution in [0.4, 0.5) is 18.9 Å². The molecule has 0 spiro atoms. The normalized spacial score (nSPS) is 19.8. The molecular weight excluding hydrogens is 413 g/mol. The summed E-state index contributed by atoms with van der Waals surface area (Å²) in [6.45, 7) is 1.82. The molecule has 2 aromatic heterocycles. The molecule has 30 heavy (non-hydrogen) atoms. The van der Waals surface area contributed by atoms with E-state index < -0.39 is 17.8 Å². The van der Waals surface area contributed by atoms with E-state index in [1.807, 2.05) is 23.9 Å². The SMILES string of the molecule is Cc1cc2nn([C@H]3CC[C@H](S)CC3)cc2cc1NC(=O)c1cccc(C(F)(F)F)n1. The largest absolute Gasteiger partial charge is 0.433 e. The lowest BCUT2D eigenvalue weighted by molar-refractivity contribution is -0.141. The number of carbonyl (C=O) groups excluding carboxylic acids is 1. The van der Waals surface area contributed by atoms with Crippen molar-refractivity contribution in [1.82, 2.24) is 14.8 Å². The number of benzene rings is 1. The first-order chi connectivity index (χ1) is 14.2. The monoisotopic (exact) mass is 434 g/mol. The lowest BCUT2D eigenvalue weighted by Crippen LogP contribution is -2.18. The molecule has 4 rings (SSSR count). The molecule has 1 aliphatic rings. The highest BCUT2D eigenvalue weighted by Gasteiger charge is 2.33. The van der Waals surface area contributed by atoms with Crippen molar-refractivity contribution in [2.24, 2.45) is 0 Å². The molecule has 158 valence electrons. The van der Waals surface area contributed by atoms with Gasteiger partial charge in [0, 0.05) is 22.5 Å². The Morgan fingerprint density at radius 2 is 1.93 bits per heavy atom. The van der Waals surface area contributed by atoms with Crippen molar-refractivity contribution < 1.29 is 18.0 Å². The van der Waals surface area contributed by atoms with Gasteiger partial charge in [-0.2, -0.15) is 30.9 Å². The Labute approximate surface area is 177 Å². The molecule has 5 nitrogen and oxygen atoms in total. The van der Waals surface area contributed by atoms with E-state index in [4.69, 9.17) is 0 Å². The topological polar surface area (TPSA) is 59.8 Å². The fourth-order valence-corrected chi connectivity index (χ4v) is 4.04. The quantitative estimate of drug-likeness (QED) is 0.541. The number of carbonyl (C=O) groups is 1. The summed E-state index contributed by atoms with van der Waals surface area (Å²) in [5.41, 5.74) is 0.719. The van der Waals surface area contributed by atoms with Crippen LogP contribution in [0.1, 0.15) is 53.5 Å². The lowest BCUT2D eigenvalue weighted by atomic mass is 9.95. The van der Waals surface area contributed by atoms with E-state index in [-0.39, 0.29) is 5.69 Å². The number of halogens is 3. The summed E-state index contributed by atoms with van der Waals surface area (Å²) in [5, 5.41) is 8.66. The van der Waals surface area contributed by atoms with Crippen LogP contribution in [0.5, 0.6) is 0 Å². The third-order valence-electron chi connectivity index (χ3n) is 5.43. The molecule has 0 aliphatic heterocycles. The maximum Gasteiger partial charge on any atom is 0.433 e. The van der Waals surface area contributed by atoms with Crippen molar-refractivity contribution >= 4 is 35.1 Å². The molecule has 0 bridgehead atoms. The van der Waals surface area contributed by atoms with Crippen molar-refractivity contribution in [3.05, 3.63) is 53.5 Å². The molecule has 2 heterocycles. The van der Waals surface area contributed by atoms with Crippen LogP contribution in [0, 0.1) is 6.92 Å². The molecule has 1 fully saturated rings. The smallest absolute Gasteiger partial charge is 0.320 e. The zero-order chi connectivity index (χ0) is 21.5. The maximum absolute atomic E-state index is 12.9. The number of pyridine rings is 1. The molecule has 0 radical (unpaired) electrons. The zero-order valence-electron chi connectivity index (χ0n) is 16.3. The van der Waals surface area contributed by atoms with E-state index in [1.54, 1.807) is 6.07 Å². The van der Waals surface area contributed by atoms with E-state index in [1.165, 1.54) is 12.1 Å². The number of nitrogens with one attached hydrogen (secondary N) is 1. The summed E-state index contributed by atoms with van der Waals surface area (Å²) < 4.78 is 40.6. The van der Waals surface area contributed by atoms with E-state index in [0.717, 1.165) is 48.2 Å². The van der Waals surface area contributed by atoms with Gasteiger partial charge >= 0.3 is 6.18 Å². The van der Waals surface area contributed by atoms with Gasteiger partial charge in [0.25, 0.3) is 5.91 Å². The Balaban J connectivity index is 1.57. The predicted molar refractivity (Wildman–Crippen MR) is 112 cm³/mol. The minimum Gasteiger partial charge on any atom is -0.320 e. The second-order valence-corrected chi connectivity index (χ2v) is 8.39. The number of alkyl halides is 3. The molecule has 9 heteroatoms. The molecule has 0 saturated heterocycles. The molecule has 3 aromatic rings. The van der Waals surface area contributed by atoms with Crippen LogP contribution in [0.25, 0.3) is 10.9 Å². The predicted octanol–water partition coefficient (Wildman–Crippen LogP) is 5.42. The number of amides is 1. The van der Waals surface area contributed by atoms with Crippen molar-refractivity contribution in [3.8, 4) is 0 Å². The summed E-state index contributed by atoms with van der Waals surface area (Å²) in [7, 11) is 0. The van der Waals surface area contributed by atoms with E-state index in [2.05, 4.69) is 28.0 Å². The van der Waals surface area contributed by atoms with Crippen LogP contribution in [-0.2, 0) is 6.18 Å². The average Bonchev–Trinajstić information content (AvgIpc) is 3.11. The number of hydrogen-bond acceptors (Lipinski definition) is 4. The van der Waals surface area contributed by atoms with Crippen molar-refractivity contribution in [3.63, 3.8) is 0 Å². The number of hydrogen-bond donors (Lipinski definition) is 2. The van der Waals surface area contributed by atoms with Crippen molar-refractivity contribution in [2.45, 2.75) is 50.1 Å². The summed E-state index contributed by atoms with van der Waals surface area (Å²) in [4.78, 5) is 15.9. The highest BCUT2D eigenvalue weighted by molar-refractivity contribution is 7.80. The Bertz CT molecular complexity index is 1090. The summed E-state index contributed by atoms with van der Waals surface area (Å²) >= 11 is 4.54. The fraction of sp³-hybridized carbons (Fsp3) is 0.381. The van der Waals surface area contributed by atoms with E-state index in [0.29, 0.717) is 17.0 Å². The lowest BCUT2D eigenvalue weighted by Gasteiger charge is -2.25. The van der Waals surface area contributed by atoms with Gasteiger partial charge in [-0.15, -0.1) is 0 Å². The van der Waals surface area contributed by atoms with Crippen LogP contribution < -0.4 is 5.32 Å². The maximum atomic E-state index is 12.9. The second-order valence-electron chi connectivity index (χ2n) is 7.66. The number of aromatic nitrogens is 3. The highest BCUT2D eigenvalue weighted by Crippen LogP contribution is 2.32.